The summed E-state index contributed by atoms with van der Waals surface area (Å²) in [5.74, 6) is 1.77. The second kappa shape index (κ2) is 18.0. The Bertz CT molecular complexity index is 4960. The van der Waals surface area contributed by atoms with E-state index in [1.165, 1.54) is 0 Å². The Morgan fingerprint density at radius 2 is 1.13 bits per heavy atom. The van der Waals surface area contributed by atoms with Gasteiger partial charge in [-0.3, -0.25) is 18.7 Å². The molecule has 0 saturated heterocycles. The van der Waals surface area contributed by atoms with E-state index >= 15 is 0 Å². The van der Waals surface area contributed by atoms with Crippen molar-refractivity contribution in [3.63, 3.8) is 0 Å². The number of rotatable bonds is 9. The van der Waals surface area contributed by atoms with E-state index in [1.54, 1.807) is 29.0 Å². The Morgan fingerprint density at radius 3 is 1.79 bits per heavy atom. The first-order valence-corrected chi connectivity index (χ1v) is 25.0. The van der Waals surface area contributed by atoms with Gasteiger partial charge in [0.25, 0.3) is 6.33 Å². The summed E-state index contributed by atoms with van der Waals surface area (Å²) in [4.78, 5) is 9.65. The lowest BCUT2D eigenvalue weighted by Crippen LogP contribution is -2.31. The molecule has 0 atom stereocenters. The number of hydrogen-bond acceptors (Lipinski definition) is 3. The molecule has 0 fully saturated rings. The van der Waals surface area contributed by atoms with Crippen LogP contribution in [0.3, 0.4) is 0 Å². The summed E-state index contributed by atoms with van der Waals surface area (Å²) in [6.45, 7) is 6.57. The second-order valence-electron chi connectivity index (χ2n) is 19.7. The van der Waals surface area contributed by atoms with E-state index in [2.05, 4.69) is 108 Å². The third-order valence-corrected chi connectivity index (χ3v) is 14.1. The van der Waals surface area contributed by atoms with E-state index in [4.69, 9.17) is 17.9 Å². The van der Waals surface area contributed by atoms with Crippen molar-refractivity contribution in [1.82, 2.24) is 23.7 Å². The second-order valence-corrected chi connectivity index (χ2v) is 19.7. The lowest BCUT2D eigenvalue weighted by molar-refractivity contribution is -0.571. The Hall–Kier alpha value is -9.85. The van der Waals surface area contributed by atoms with Crippen molar-refractivity contribution >= 4 is 54.6 Å². The highest BCUT2D eigenvalue weighted by molar-refractivity contribution is 6.13. The third-order valence-electron chi connectivity index (χ3n) is 14.1. The minimum atomic E-state index is -0.586. The summed E-state index contributed by atoms with van der Waals surface area (Å²) < 4.78 is 105. The molecular formula is C69H50N6O. The molecule has 0 aliphatic heterocycles. The topological polar surface area (TPSA) is 53.7 Å². The summed E-state index contributed by atoms with van der Waals surface area (Å²) in [6, 6.07) is 51.8. The fraction of sp³-hybridized carbons (Fsp3) is 0.0580. The van der Waals surface area contributed by atoms with Gasteiger partial charge in [-0.25, -0.2) is 4.98 Å². The molecule has 5 heterocycles. The first-order chi connectivity index (χ1) is 41.5. The van der Waals surface area contributed by atoms with E-state index < -0.39 is 60.4 Å². The normalized spacial score (nSPS) is 13.7. The maximum atomic E-state index is 9.27. The standard InChI is InChI=1S/C69H50N6O/c1-69(2,3)49-37-39-71-67(41-49)75-61-34-15-12-28-56(61)57-43-65(74-59-32-13-10-26-54(59)55-27-11-14-33-60(55)74)66(44-63(57)75)76-51-25-18-24-50(42-51)72-45-73(64-40-48(35-36-62(64)72)58-31-16-17-38-70-58)68-52(46-20-6-4-7-21-46)29-19-30-53(68)47-22-8-5-9-23-47/h4-44H,1-3H3/i4D,5D,6D,7D,8D,9D,20D,21D,22D,23D. The van der Waals surface area contributed by atoms with Gasteiger partial charge in [-0.1, -0.05) is 178 Å². The van der Waals surface area contributed by atoms with Gasteiger partial charge >= 0.3 is 0 Å². The number of nitrogens with zero attached hydrogens (tertiary/aromatic N) is 6. The summed E-state index contributed by atoms with van der Waals surface area (Å²) in [5, 5.41) is 4.20. The van der Waals surface area contributed by atoms with Crippen molar-refractivity contribution in [3.8, 4) is 67.9 Å². The van der Waals surface area contributed by atoms with E-state index in [0.717, 1.165) is 60.7 Å². The van der Waals surface area contributed by atoms with Crippen LogP contribution in [0, 0.1) is 6.33 Å². The number of hydrogen-bond donors (Lipinski definition) is 0. The number of para-hydroxylation sites is 4. The number of ether oxygens (including phenoxy) is 1. The van der Waals surface area contributed by atoms with Gasteiger partial charge in [0, 0.05) is 40.0 Å². The van der Waals surface area contributed by atoms with Gasteiger partial charge in [0.05, 0.1) is 69.6 Å². The van der Waals surface area contributed by atoms with Crippen LogP contribution >= 0.6 is 0 Å². The Balaban J connectivity index is 1.03. The Kier molecular flexibility index (Phi) is 8.35. The van der Waals surface area contributed by atoms with Gasteiger partial charge in [-0.2, -0.15) is 0 Å². The Labute approximate surface area is 454 Å². The summed E-state index contributed by atoms with van der Waals surface area (Å²) in [5.41, 5.74) is 8.68. The van der Waals surface area contributed by atoms with E-state index in [0.29, 0.717) is 39.5 Å². The first kappa shape index (κ1) is 35.3. The fourth-order valence-corrected chi connectivity index (χ4v) is 10.6. The minimum Gasteiger partial charge on any atom is -0.456 e. The van der Waals surface area contributed by atoms with Crippen LogP contribution in [0.1, 0.15) is 40.0 Å². The molecule has 9 aromatic carbocycles. The van der Waals surface area contributed by atoms with Gasteiger partial charge in [-0.15, -0.1) is 0 Å². The summed E-state index contributed by atoms with van der Waals surface area (Å²) in [6.07, 6.45) is 7.11. The van der Waals surface area contributed by atoms with E-state index in [9.17, 15) is 5.48 Å². The zero-order chi connectivity index (χ0) is 59.6. The molecule has 362 valence electrons. The smallest absolute Gasteiger partial charge is 0.269 e. The van der Waals surface area contributed by atoms with Crippen molar-refractivity contribution < 1.29 is 23.0 Å². The van der Waals surface area contributed by atoms with Crippen molar-refractivity contribution in [2.45, 2.75) is 26.2 Å². The van der Waals surface area contributed by atoms with Crippen molar-refractivity contribution in [2.75, 3.05) is 0 Å². The van der Waals surface area contributed by atoms with Crippen molar-refractivity contribution in [3.05, 3.63) is 261 Å². The molecule has 0 N–H and O–H groups in total. The predicted molar refractivity (Wildman–Crippen MR) is 309 cm³/mol. The average Bonchev–Trinajstić information content (AvgIpc) is 3.11. The zero-order valence-electron chi connectivity index (χ0n) is 51.5. The monoisotopic (exact) mass is 988 g/mol. The van der Waals surface area contributed by atoms with Gasteiger partial charge < -0.3 is 9.30 Å². The molecule has 14 rings (SSSR count). The van der Waals surface area contributed by atoms with Crippen LogP contribution in [0.5, 0.6) is 11.5 Å². The van der Waals surface area contributed by atoms with Crippen LogP contribution in [0.25, 0.3) is 111 Å². The zero-order valence-corrected chi connectivity index (χ0v) is 41.5. The van der Waals surface area contributed by atoms with Crippen LogP contribution in [0.2, 0.25) is 0 Å². The third kappa shape index (κ3) is 7.54. The number of benzene rings is 9. The summed E-state index contributed by atoms with van der Waals surface area (Å²) in [7, 11) is 0. The van der Waals surface area contributed by atoms with Gasteiger partial charge in [0.1, 0.15) is 11.6 Å². The lowest BCUT2D eigenvalue weighted by Gasteiger charge is -2.20. The maximum absolute atomic E-state index is 9.27. The number of fused-ring (bicyclic) bond motifs is 7. The van der Waals surface area contributed by atoms with Crippen molar-refractivity contribution in [1.29, 1.82) is 0 Å². The van der Waals surface area contributed by atoms with Crippen LogP contribution in [-0.4, -0.2) is 23.7 Å². The van der Waals surface area contributed by atoms with Crippen LogP contribution in [0.4, 0.5) is 0 Å². The number of pyridine rings is 2. The molecule has 0 aliphatic carbocycles. The van der Waals surface area contributed by atoms with Crippen LogP contribution in [0.15, 0.2) is 249 Å². The molecule has 0 amide bonds. The SMILES string of the molecule is [2H]c1c([2H])c([2H])c(-c2cccc(-c3c([2H])c([2H])c([2H])c([2H])c3[2H])c2-[n+]2[c-]n(-c3cccc(Oc4cc5c(cc4-n4c6ccccc6c6ccccc64)c4ccccc4n5-c4cc(C(C)(C)C)ccn4)c3)c3ccc(-c4ccccn4)cc32)c([2H])c1[2H]. The Morgan fingerprint density at radius 1 is 0.500 bits per heavy atom. The predicted octanol–water partition coefficient (Wildman–Crippen LogP) is 16.8. The highest BCUT2D eigenvalue weighted by Crippen LogP contribution is 2.43. The molecule has 0 aliphatic rings. The lowest BCUT2D eigenvalue weighted by atomic mass is 9.88. The van der Waals surface area contributed by atoms with Gasteiger partial charge in [0.15, 0.2) is 5.75 Å². The molecule has 0 unspecified atom stereocenters. The molecule has 0 bridgehead atoms. The van der Waals surface area contributed by atoms with Crippen molar-refractivity contribution in [2.24, 2.45) is 0 Å². The molecule has 0 spiro atoms. The number of aromatic nitrogens is 6. The quantitative estimate of drug-likeness (QED) is 0.107. The number of imidazole rings is 1. The fourth-order valence-electron chi connectivity index (χ4n) is 10.6. The molecule has 7 heteroatoms. The van der Waals surface area contributed by atoms with E-state index in [-0.39, 0.29) is 33.4 Å². The maximum Gasteiger partial charge on any atom is 0.269 e. The molecule has 0 radical (unpaired) electrons. The van der Waals surface area contributed by atoms with E-state index in [1.807, 2.05) is 102 Å². The molecule has 7 nitrogen and oxygen atoms in total. The molecule has 5 aromatic heterocycles. The molecule has 0 saturated carbocycles. The highest BCUT2D eigenvalue weighted by Gasteiger charge is 2.24. The highest BCUT2D eigenvalue weighted by atomic mass is 16.5. The van der Waals surface area contributed by atoms with Gasteiger partial charge in [-0.05, 0) is 112 Å². The van der Waals surface area contributed by atoms with Gasteiger partial charge in [0.2, 0.25) is 0 Å². The molecule has 76 heavy (non-hydrogen) atoms. The summed E-state index contributed by atoms with van der Waals surface area (Å²) >= 11 is 0. The van der Waals surface area contributed by atoms with Crippen LogP contribution < -0.4 is 9.30 Å². The molecular weight excluding hydrogens is 929 g/mol. The largest absolute Gasteiger partial charge is 0.456 e. The first-order valence-electron chi connectivity index (χ1n) is 30.0. The minimum absolute atomic E-state index is 0.123. The average molecular weight is 989 g/mol. The van der Waals surface area contributed by atoms with Crippen LogP contribution in [-0.2, 0) is 5.41 Å². The molecule has 14 aromatic rings.